The molecule has 3 rings (SSSR count). The van der Waals surface area contributed by atoms with Crippen molar-refractivity contribution < 1.29 is 18.8 Å². The molecular formula is C22H27FN4O3S. The second-order valence-corrected chi connectivity index (χ2v) is 8.55. The highest BCUT2D eigenvalue weighted by atomic mass is 32.1. The van der Waals surface area contributed by atoms with Crippen LogP contribution in [0.3, 0.4) is 0 Å². The van der Waals surface area contributed by atoms with Gasteiger partial charge in [0.1, 0.15) is 10.8 Å². The molecule has 166 valence electrons. The van der Waals surface area contributed by atoms with E-state index in [9.17, 15) is 18.8 Å². The number of benzene rings is 1. The van der Waals surface area contributed by atoms with Crippen LogP contribution in [0.15, 0.2) is 35.7 Å². The van der Waals surface area contributed by atoms with Crippen molar-refractivity contribution in [3.8, 4) is 0 Å². The van der Waals surface area contributed by atoms with Crippen molar-refractivity contribution in [1.29, 1.82) is 0 Å². The van der Waals surface area contributed by atoms with Crippen LogP contribution in [-0.2, 0) is 16.0 Å². The van der Waals surface area contributed by atoms with Gasteiger partial charge in [-0.3, -0.25) is 19.3 Å². The number of carbonyl (C=O) groups excluding carboxylic acids is 3. The van der Waals surface area contributed by atoms with Crippen LogP contribution in [0.1, 0.15) is 35.7 Å². The van der Waals surface area contributed by atoms with Crippen molar-refractivity contribution in [2.75, 3.05) is 25.0 Å². The molecule has 0 bridgehead atoms. The van der Waals surface area contributed by atoms with Crippen molar-refractivity contribution >= 4 is 34.1 Å². The Morgan fingerprint density at radius 3 is 2.61 bits per heavy atom. The van der Waals surface area contributed by atoms with E-state index in [1.165, 1.54) is 17.4 Å². The number of piperidine rings is 1. The molecule has 1 saturated heterocycles. The highest BCUT2D eigenvalue weighted by Gasteiger charge is 2.30. The minimum atomic E-state index is -0.578. The average molecular weight is 447 g/mol. The summed E-state index contributed by atoms with van der Waals surface area (Å²) in [5, 5.41) is 7.83. The Labute approximate surface area is 184 Å². The Kier molecular flexibility index (Phi) is 7.75. The maximum Gasteiger partial charge on any atom is 0.251 e. The van der Waals surface area contributed by atoms with Crippen molar-refractivity contribution in [2.24, 2.45) is 11.7 Å². The van der Waals surface area contributed by atoms with E-state index in [0.29, 0.717) is 55.0 Å². The quantitative estimate of drug-likeness (QED) is 0.579. The summed E-state index contributed by atoms with van der Waals surface area (Å²) in [4.78, 5) is 38.5. The van der Waals surface area contributed by atoms with Gasteiger partial charge >= 0.3 is 0 Å². The molecule has 7 nitrogen and oxygen atoms in total. The van der Waals surface area contributed by atoms with Gasteiger partial charge in [-0.1, -0.05) is 18.2 Å². The molecule has 3 amide bonds. The van der Waals surface area contributed by atoms with E-state index in [4.69, 9.17) is 5.73 Å². The number of amides is 3. The third kappa shape index (κ3) is 5.89. The molecule has 31 heavy (non-hydrogen) atoms. The molecule has 1 fully saturated rings. The molecule has 0 saturated carbocycles. The van der Waals surface area contributed by atoms with Crippen molar-refractivity contribution in [1.82, 2.24) is 10.2 Å². The second kappa shape index (κ2) is 10.5. The standard InChI is InChI=1S/C22H27FN4O3S/c1-14(20(29)26-22-17(19(24)28)9-13-31-22)27-11-7-16(8-12-27)21(30)25-10-6-15-4-2-3-5-18(15)23/h2-5,9,13-14,16H,6-8,10-12H2,1H3,(H2,24,28)(H,25,30)(H,26,29). The molecule has 1 aromatic carbocycles. The number of rotatable bonds is 8. The number of halogens is 1. The number of primary amides is 1. The fourth-order valence-corrected chi connectivity index (χ4v) is 4.49. The van der Waals surface area contributed by atoms with Crippen molar-refractivity contribution in [3.63, 3.8) is 0 Å². The number of nitrogens with zero attached hydrogens (tertiary/aromatic N) is 1. The molecule has 0 aliphatic carbocycles. The smallest absolute Gasteiger partial charge is 0.251 e. The van der Waals surface area contributed by atoms with Gasteiger partial charge in [-0.05, 0) is 62.4 Å². The van der Waals surface area contributed by atoms with Crippen molar-refractivity contribution in [2.45, 2.75) is 32.2 Å². The Morgan fingerprint density at radius 1 is 1.23 bits per heavy atom. The number of nitrogens with one attached hydrogen (secondary N) is 2. The van der Waals surface area contributed by atoms with E-state index in [0.717, 1.165) is 0 Å². The number of carbonyl (C=O) groups is 3. The zero-order valence-electron chi connectivity index (χ0n) is 17.4. The topological polar surface area (TPSA) is 105 Å². The number of anilines is 1. The summed E-state index contributed by atoms with van der Waals surface area (Å²) >= 11 is 1.25. The number of thiophene rings is 1. The van der Waals surface area contributed by atoms with Gasteiger partial charge in [-0.2, -0.15) is 0 Å². The molecule has 2 heterocycles. The summed E-state index contributed by atoms with van der Waals surface area (Å²) in [6, 6.07) is 7.74. The highest BCUT2D eigenvalue weighted by Crippen LogP contribution is 2.24. The Bertz CT molecular complexity index is 940. The first kappa shape index (κ1) is 22.9. The first-order chi connectivity index (χ1) is 14.9. The fraction of sp³-hybridized carbons (Fsp3) is 0.409. The fourth-order valence-electron chi connectivity index (χ4n) is 3.70. The Morgan fingerprint density at radius 2 is 1.94 bits per heavy atom. The van der Waals surface area contributed by atoms with E-state index in [1.54, 1.807) is 29.6 Å². The molecule has 1 aliphatic rings. The molecule has 1 aliphatic heterocycles. The lowest BCUT2D eigenvalue weighted by molar-refractivity contribution is -0.127. The lowest BCUT2D eigenvalue weighted by Crippen LogP contribution is -2.48. The van der Waals surface area contributed by atoms with Crippen LogP contribution in [0.2, 0.25) is 0 Å². The maximum absolute atomic E-state index is 13.7. The summed E-state index contributed by atoms with van der Waals surface area (Å²) in [6.45, 7) is 3.43. The molecule has 1 unspecified atom stereocenters. The predicted octanol–water partition coefficient (Wildman–Crippen LogP) is 2.38. The lowest BCUT2D eigenvalue weighted by atomic mass is 9.94. The third-order valence-corrected chi connectivity index (χ3v) is 6.48. The number of hydrogen-bond acceptors (Lipinski definition) is 5. The van der Waals surface area contributed by atoms with Crippen LogP contribution in [-0.4, -0.2) is 48.3 Å². The predicted molar refractivity (Wildman–Crippen MR) is 118 cm³/mol. The summed E-state index contributed by atoms with van der Waals surface area (Å²) in [7, 11) is 0. The summed E-state index contributed by atoms with van der Waals surface area (Å²) < 4.78 is 13.7. The summed E-state index contributed by atoms with van der Waals surface area (Å²) in [6.07, 6.45) is 1.74. The van der Waals surface area contributed by atoms with Gasteiger partial charge in [0.05, 0.1) is 11.6 Å². The lowest BCUT2D eigenvalue weighted by Gasteiger charge is -2.34. The van der Waals surface area contributed by atoms with E-state index in [1.807, 2.05) is 11.8 Å². The zero-order valence-corrected chi connectivity index (χ0v) is 18.2. The number of hydrogen-bond donors (Lipinski definition) is 3. The molecule has 4 N–H and O–H groups in total. The maximum atomic E-state index is 13.7. The highest BCUT2D eigenvalue weighted by molar-refractivity contribution is 7.14. The van der Waals surface area contributed by atoms with Crippen LogP contribution in [0, 0.1) is 11.7 Å². The molecule has 1 aromatic heterocycles. The first-order valence-electron chi connectivity index (χ1n) is 10.3. The van der Waals surface area contributed by atoms with Gasteiger partial charge in [0, 0.05) is 12.5 Å². The minimum Gasteiger partial charge on any atom is -0.366 e. The monoisotopic (exact) mass is 446 g/mol. The van der Waals surface area contributed by atoms with Crippen LogP contribution in [0.4, 0.5) is 9.39 Å². The van der Waals surface area contributed by atoms with Gasteiger partial charge in [-0.15, -0.1) is 11.3 Å². The van der Waals surface area contributed by atoms with E-state index in [2.05, 4.69) is 10.6 Å². The van der Waals surface area contributed by atoms with E-state index in [-0.39, 0.29) is 23.5 Å². The minimum absolute atomic E-state index is 0.0298. The molecular weight excluding hydrogens is 419 g/mol. The Balaban J connectivity index is 1.43. The van der Waals surface area contributed by atoms with Crippen LogP contribution >= 0.6 is 11.3 Å². The molecule has 1 atom stereocenters. The zero-order chi connectivity index (χ0) is 22.4. The molecule has 0 radical (unpaired) electrons. The molecule has 0 spiro atoms. The largest absolute Gasteiger partial charge is 0.366 e. The number of nitrogens with two attached hydrogens (primary N) is 1. The van der Waals surface area contributed by atoms with E-state index >= 15 is 0 Å². The van der Waals surface area contributed by atoms with Crippen LogP contribution in [0.25, 0.3) is 0 Å². The third-order valence-electron chi connectivity index (χ3n) is 5.65. The normalized spacial score (nSPS) is 15.9. The average Bonchev–Trinajstić information content (AvgIpc) is 3.23. The summed E-state index contributed by atoms with van der Waals surface area (Å²) in [5.74, 6) is -1.20. The van der Waals surface area contributed by atoms with E-state index < -0.39 is 11.9 Å². The Hall–Kier alpha value is -2.78. The molecule has 9 heteroatoms. The van der Waals surface area contributed by atoms with Gasteiger partial charge in [0.2, 0.25) is 11.8 Å². The van der Waals surface area contributed by atoms with Crippen LogP contribution in [0.5, 0.6) is 0 Å². The molecule has 2 aromatic rings. The SMILES string of the molecule is CC(C(=O)Nc1sccc1C(N)=O)N1CCC(C(=O)NCCc2ccccc2F)CC1. The van der Waals surface area contributed by atoms with Crippen LogP contribution < -0.4 is 16.4 Å². The first-order valence-corrected chi connectivity index (χ1v) is 11.2. The summed E-state index contributed by atoms with van der Waals surface area (Å²) in [5.41, 5.74) is 6.21. The van der Waals surface area contributed by atoms with Gasteiger partial charge in [-0.25, -0.2) is 4.39 Å². The van der Waals surface area contributed by atoms with Gasteiger partial charge in [0.25, 0.3) is 5.91 Å². The second-order valence-electron chi connectivity index (χ2n) is 7.64. The van der Waals surface area contributed by atoms with Crippen molar-refractivity contribution in [3.05, 3.63) is 52.7 Å². The number of likely N-dealkylation sites (tertiary alicyclic amines) is 1. The van der Waals surface area contributed by atoms with Gasteiger partial charge in [0.15, 0.2) is 0 Å². The van der Waals surface area contributed by atoms with Gasteiger partial charge < -0.3 is 16.4 Å².